The zero-order chi connectivity index (χ0) is 12.8. The van der Waals surface area contributed by atoms with Gasteiger partial charge in [0.2, 0.25) is 0 Å². The molecule has 0 bridgehead atoms. The van der Waals surface area contributed by atoms with Crippen LogP contribution in [0.5, 0.6) is 0 Å². The normalized spacial score (nSPS) is 18.6. The highest BCUT2D eigenvalue weighted by Crippen LogP contribution is 2.57. The molecule has 1 aliphatic rings. The predicted molar refractivity (Wildman–Crippen MR) is 79.1 cm³/mol. The minimum atomic E-state index is -0.380. The number of hydrogen-bond donors (Lipinski definition) is 1. The highest BCUT2D eigenvalue weighted by Gasteiger charge is 2.51. The van der Waals surface area contributed by atoms with Gasteiger partial charge in [0.1, 0.15) is 0 Å². The maximum Gasteiger partial charge on any atom is 0.0978 e. The Morgan fingerprint density at radius 2 is 1.94 bits per heavy atom. The molecule has 94 valence electrons. The van der Waals surface area contributed by atoms with Gasteiger partial charge in [0.15, 0.2) is 0 Å². The van der Waals surface area contributed by atoms with Crippen LogP contribution in [0.2, 0.25) is 0 Å². The van der Waals surface area contributed by atoms with Gasteiger partial charge in [0.05, 0.1) is 6.10 Å². The average Bonchev–Trinajstić information content (AvgIpc) is 3.13. The third-order valence-corrected chi connectivity index (χ3v) is 6.00. The molecule has 1 fully saturated rings. The standard InChI is InChI=1S/C15H15BrOS/c1-10-12(16)9-13(18-10)14(17)15(7-8-15)11-5-3-2-4-6-11/h2-6,9,14,17H,7-8H2,1H3. The van der Waals surface area contributed by atoms with Crippen molar-refractivity contribution in [2.75, 3.05) is 0 Å². The van der Waals surface area contributed by atoms with E-state index in [1.807, 2.05) is 6.07 Å². The molecule has 1 aromatic heterocycles. The lowest BCUT2D eigenvalue weighted by Crippen LogP contribution is -2.17. The maximum absolute atomic E-state index is 10.7. The van der Waals surface area contributed by atoms with Gasteiger partial charge in [0, 0.05) is 19.6 Å². The quantitative estimate of drug-likeness (QED) is 0.876. The number of aryl methyl sites for hydroxylation is 1. The third kappa shape index (κ3) is 1.94. The van der Waals surface area contributed by atoms with Crippen LogP contribution in [-0.4, -0.2) is 5.11 Å². The second kappa shape index (κ2) is 4.48. The molecule has 3 heteroatoms. The van der Waals surface area contributed by atoms with E-state index in [0.717, 1.165) is 22.2 Å². The first-order valence-electron chi connectivity index (χ1n) is 6.13. The summed E-state index contributed by atoms with van der Waals surface area (Å²) in [5.74, 6) is 0. The summed E-state index contributed by atoms with van der Waals surface area (Å²) in [7, 11) is 0. The van der Waals surface area contributed by atoms with Gasteiger partial charge in [-0.2, -0.15) is 0 Å². The number of rotatable bonds is 3. The van der Waals surface area contributed by atoms with E-state index in [-0.39, 0.29) is 11.5 Å². The minimum Gasteiger partial charge on any atom is -0.387 e. The summed E-state index contributed by atoms with van der Waals surface area (Å²) in [4.78, 5) is 2.30. The van der Waals surface area contributed by atoms with Crippen molar-refractivity contribution in [3.05, 3.63) is 56.2 Å². The van der Waals surface area contributed by atoms with E-state index in [2.05, 4.69) is 53.2 Å². The van der Waals surface area contributed by atoms with E-state index in [4.69, 9.17) is 0 Å². The second-order valence-corrected chi connectivity index (χ2v) is 7.12. The molecule has 3 rings (SSSR count). The van der Waals surface area contributed by atoms with E-state index in [1.54, 1.807) is 11.3 Å². The maximum atomic E-state index is 10.7. The van der Waals surface area contributed by atoms with E-state index in [1.165, 1.54) is 10.4 Å². The summed E-state index contributed by atoms with van der Waals surface area (Å²) in [6.07, 6.45) is 1.77. The second-order valence-electron chi connectivity index (χ2n) is 4.98. The van der Waals surface area contributed by atoms with Crippen molar-refractivity contribution in [1.29, 1.82) is 0 Å². The number of aliphatic hydroxyl groups is 1. The first-order valence-corrected chi connectivity index (χ1v) is 7.74. The molecule has 1 N–H and O–H groups in total. The first kappa shape index (κ1) is 12.4. The van der Waals surface area contributed by atoms with E-state index in [9.17, 15) is 5.11 Å². The van der Waals surface area contributed by atoms with Gasteiger partial charge in [-0.1, -0.05) is 30.3 Å². The Labute approximate surface area is 120 Å². The van der Waals surface area contributed by atoms with Gasteiger partial charge >= 0.3 is 0 Å². The summed E-state index contributed by atoms with van der Waals surface area (Å²) in [5, 5.41) is 10.7. The number of thiophene rings is 1. The molecule has 1 atom stereocenters. The molecular formula is C15H15BrOS. The zero-order valence-corrected chi connectivity index (χ0v) is 12.6. The molecular weight excluding hydrogens is 308 g/mol. The Morgan fingerprint density at radius 3 is 2.44 bits per heavy atom. The summed E-state index contributed by atoms with van der Waals surface area (Å²) >= 11 is 5.21. The van der Waals surface area contributed by atoms with Crippen LogP contribution in [0.25, 0.3) is 0 Å². The number of aliphatic hydroxyl groups excluding tert-OH is 1. The van der Waals surface area contributed by atoms with Crippen molar-refractivity contribution < 1.29 is 5.11 Å². The van der Waals surface area contributed by atoms with Crippen LogP contribution in [0.3, 0.4) is 0 Å². The fourth-order valence-electron chi connectivity index (χ4n) is 2.51. The Kier molecular flexibility index (Phi) is 3.08. The SMILES string of the molecule is Cc1sc(C(O)C2(c3ccccc3)CC2)cc1Br. The minimum absolute atomic E-state index is 0.0437. The summed E-state index contributed by atoms with van der Waals surface area (Å²) in [5.41, 5.74) is 1.22. The van der Waals surface area contributed by atoms with Crippen LogP contribution < -0.4 is 0 Å². The molecule has 0 spiro atoms. The van der Waals surface area contributed by atoms with Crippen molar-refractivity contribution in [3.63, 3.8) is 0 Å². The summed E-state index contributed by atoms with van der Waals surface area (Å²) in [6, 6.07) is 12.5. The molecule has 1 aromatic carbocycles. The van der Waals surface area contributed by atoms with Gasteiger partial charge in [-0.15, -0.1) is 11.3 Å². The van der Waals surface area contributed by atoms with Gasteiger partial charge in [0.25, 0.3) is 0 Å². The van der Waals surface area contributed by atoms with Crippen LogP contribution in [-0.2, 0) is 5.41 Å². The number of halogens is 1. The Morgan fingerprint density at radius 1 is 1.28 bits per heavy atom. The molecule has 0 aliphatic heterocycles. The monoisotopic (exact) mass is 322 g/mol. The summed E-state index contributed by atoms with van der Waals surface area (Å²) in [6.45, 7) is 2.08. The van der Waals surface area contributed by atoms with Crippen molar-refractivity contribution in [3.8, 4) is 0 Å². The van der Waals surface area contributed by atoms with Crippen molar-refractivity contribution in [1.82, 2.24) is 0 Å². The first-order chi connectivity index (χ1) is 8.63. The van der Waals surface area contributed by atoms with E-state index in [0.29, 0.717) is 0 Å². The largest absolute Gasteiger partial charge is 0.387 e. The highest BCUT2D eigenvalue weighted by atomic mass is 79.9. The van der Waals surface area contributed by atoms with Gasteiger partial charge in [-0.3, -0.25) is 0 Å². The molecule has 0 amide bonds. The summed E-state index contributed by atoms with van der Waals surface area (Å²) < 4.78 is 1.10. The molecule has 1 unspecified atom stereocenters. The van der Waals surface area contributed by atoms with Crippen molar-refractivity contribution in [2.24, 2.45) is 0 Å². The average molecular weight is 323 g/mol. The predicted octanol–water partition coefficient (Wildman–Crippen LogP) is 4.58. The van der Waals surface area contributed by atoms with Crippen LogP contribution in [0, 0.1) is 6.92 Å². The fourth-order valence-corrected chi connectivity index (χ4v) is 4.18. The fraction of sp³-hybridized carbons (Fsp3) is 0.333. The Hall–Kier alpha value is -0.640. The van der Waals surface area contributed by atoms with Crippen LogP contribution in [0.4, 0.5) is 0 Å². The van der Waals surface area contributed by atoms with E-state index < -0.39 is 0 Å². The van der Waals surface area contributed by atoms with Crippen molar-refractivity contribution in [2.45, 2.75) is 31.3 Å². The smallest absolute Gasteiger partial charge is 0.0978 e. The van der Waals surface area contributed by atoms with E-state index >= 15 is 0 Å². The molecule has 2 aromatic rings. The lowest BCUT2D eigenvalue weighted by molar-refractivity contribution is 0.136. The Bertz CT molecular complexity index is 538. The number of hydrogen-bond acceptors (Lipinski definition) is 2. The van der Waals surface area contributed by atoms with Crippen LogP contribution >= 0.6 is 27.3 Å². The molecule has 0 saturated heterocycles. The molecule has 1 heterocycles. The Balaban J connectivity index is 1.95. The molecule has 18 heavy (non-hydrogen) atoms. The van der Waals surface area contributed by atoms with Crippen LogP contribution in [0.15, 0.2) is 40.9 Å². The number of benzene rings is 1. The van der Waals surface area contributed by atoms with Gasteiger partial charge < -0.3 is 5.11 Å². The lowest BCUT2D eigenvalue weighted by atomic mass is 9.89. The third-order valence-electron chi connectivity index (χ3n) is 3.81. The topological polar surface area (TPSA) is 20.2 Å². The molecule has 1 aliphatic carbocycles. The molecule has 0 radical (unpaired) electrons. The lowest BCUT2D eigenvalue weighted by Gasteiger charge is -2.21. The zero-order valence-electron chi connectivity index (χ0n) is 10.2. The molecule has 1 saturated carbocycles. The van der Waals surface area contributed by atoms with Gasteiger partial charge in [-0.05, 0) is 47.3 Å². The van der Waals surface area contributed by atoms with Gasteiger partial charge in [-0.25, -0.2) is 0 Å². The molecule has 1 nitrogen and oxygen atoms in total. The van der Waals surface area contributed by atoms with Crippen LogP contribution in [0.1, 0.15) is 34.3 Å². The van der Waals surface area contributed by atoms with Crippen molar-refractivity contribution >= 4 is 27.3 Å². The highest BCUT2D eigenvalue weighted by molar-refractivity contribution is 9.10.